The van der Waals surface area contributed by atoms with E-state index in [0.717, 1.165) is 16.8 Å². The third-order valence-corrected chi connectivity index (χ3v) is 6.56. The summed E-state index contributed by atoms with van der Waals surface area (Å²) in [7, 11) is 0. The predicted octanol–water partition coefficient (Wildman–Crippen LogP) is 6.75. The Labute approximate surface area is 196 Å². The summed E-state index contributed by atoms with van der Waals surface area (Å²) in [6, 6.07) is 20.9. The molecule has 0 unspecified atom stereocenters. The first-order valence-corrected chi connectivity index (χ1v) is 11.7. The van der Waals surface area contributed by atoms with Gasteiger partial charge in [-0.2, -0.15) is 0 Å². The maximum absolute atomic E-state index is 12.6. The van der Waals surface area contributed by atoms with Crippen LogP contribution < -0.4 is 14.4 Å². The van der Waals surface area contributed by atoms with Gasteiger partial charge in [0.1, 0.15) is 12.0 Å². The van der Waals surface area contributed by atoms with E-state index >= 15 is 0 Å². The molecule has 0 N–H and O–H groups in total. The highest BCUT2D eigenvalue weighted by Crippen LogP contribution is 2.46. The Morgan fingerprint density at radius 1 is 1.03 bits per heavy atom. The van der Waals surface area contributed by atoms with Gasteiger partial charge in [-0.15, -0.1) is 11.8 Å². The predicted molar refractivity (Wildman–Crippen MR) is 128 cm³/mol. The summed E-state index contributed by atoms with van der Waals surface area (Å²) in [6.45, 7) is 2.77. The number of benzene rings is 3. The third kappa shape index (κ3) is 4.95. The number of hydrogen-bond donors (Lipinski definition) is 0. The van der Waals surface area contributed by atoms with Gasteiger partial charge in [0.25, 0.3) is 0 Å². The molecule has 1 atom stereocenters. The first kappa shape index (κ1) is 21.9. The molecule has 0 aliphatic carbocycles. The molecule has 0 aromatic heterocycles. The molecule has 0 bridgehead atoms. The van der Waals surface area contributed by atoms with Crippen LogP contribution in [0.5, 0.6) is 11.5 Å². The Hall–Kier alpha value is -2.34. The molecule has 1 aliphatic rings. The summed E-state index contributed by atoms with van der Waals surface area (Å²) in [5.41, 5.74) is 2.71. The van der Waals surface area contributed by atoms with Crippen LogP contribution in [0.1, 0.15) is 23.4 Å². The van der Waals surface area contributed by atoms with Crippen LogP contribution >= 0.6 is 35.0 Å². The zero-order valence-corrected chi connectivity index (χ0v) is 19.2. The zero-order valence-electron chi connectivity index (χ0n) is 16.9. The van der Waals surface area contributed by atoms with Crippen molar-refractivity contribution in [3.63, 3.8) is 0 Å². The number of anilines is 1. The maximum atomic E-state index is 12.6. The van der Waals surface area contributed by atoms with Crippen LogP contribution in [-0.4, -0.2) is 18.3 Å². The number of ether oxygens (including phenoxy) is 2. The molecule has 1 aliphatic heterocycles. The maximum Gasteiger partial charge on any atom is 0.238 e. The van der Waals surface area contributed by atoms with Crippen molar-refractivity contribution in [1.29, 1.82) is 0 Å². The van der Waals surface area contributed by atoms with Gasteiger partial charge in [0.15, 0.2) is 11.5 Å². The molecule has 160 valence electrons. The molecule has 0 saturated carbocycles. The highest BCUT2D eigenvalue weighted by molar-refractivity contribution is 8.00. The Morgan fingerprint density at radius 2 is 1.77 bits per heavy atom. The Bertz CT molecular complexity index is 1060. The number of hydrogen-bond acceptors (Lipinski definition) is 4. The number of nitrogens with zero attached hydrogens (tertiary/aromatic N) is 1. The van der Waals surface area contributed by atoms with E-state index in [1.54, 1.807) is 28.8 Å². The van der Waals surface area contributed by atoms with Crippen molar-refractivity contribution in [2.24, 2.45) is 0 Å². The van der Waals surface area contributed by atoms with Crippen LogP contribution in [0.15, 0.2) is 66.7 Å². The van der Waals surface area contributed by atoms with Crippen molar-refractivity contribution in [3.8, 4) is 11.5 Å². The second-order valence-corrected chi connectivity index (χ2v) is 8.85. The van der Waals surface area contributed by atoms with E-state index in [2.05, 4.69) is 0 Å². The fourth-order valence-corrected chi connectivity index (χ4v) is 4.97. The van der Waals surface area contributed by atoms with E-state index in [1.807, 2.05) is 61.5 Å². The van der Waals surface area contributed by atoms with Crippen molar-refractivity contribution >= 4 is 46.6 Å². The zero-order chi connectivity index (χ0) is 21.8. The van der Waals surface area contributed by atoms with Gasteiger partial charge >= 0.3 is 0 Å². The molecule has 1 heterocycles. The lowest BCUT2D eigenvalue weighted by molar-refractivity contribution is -0.115. The molecule has 7 heteroatoms. The largest absolute Gasteiger partial charge is 0.490 e. The van der Waals surface area contributed by atoms with Gasteiger partial charge in [-0.3, -0.25) is 9.69 Å². The minimum Gasteiger partial charge on any atom is -0.490 e. The number of thioether (sulfide) groups is 1. The Morgan fingerprint density at radius 3 is 2.48 bits per heavy atom. The van der Waals surface area contributed by atoms with Gasteiger partial charge < -0.3 is 9.47 Å². The number of amides is 1. The number of rotatable bonds is 7. The molecule has 3 aromatic carbocycles. The minimum atomic E-state index is -0.214. The average Bonchev–Trinajstić information content (AvgIpc) is 3.16. The van der Waals surface area contributed by atoms with Crippen molar-refractivity contribution in [2.45, 2.75) is 18.9 Å². The first-order chi connectivity index (χ1) is 15.1. The van der Waals surface area contributed by atoms with Crippen LogP contribution in [0, 0.1) is 0 Å². The van der Waals surface area contributed by atoms with Gasteiger partial charge in [-0.25, -0.2) is 0 Å². The van der Waals surface area contributed by atoms with Gasteiger partial charge in [0.05, 0.1) is 17.4 Å². The second-order valence-electron chi connectivity index (χ2n) is 6.94. The lowest BCUT2D eigenvalue weighted by atomic mass is 10.1. The molecule has 4 rings (SSSR count). The van der Waals surface area contributed by atoms with Gasteiger partial charge in [-0.1, -0.05) is 53.5 Å². The fourth-order valence-electron chi connectivity index (χ4n) is 3.41. The first-order valence-electron chi connectivity index (χ1n) is 9.89. The smallest absolute Gasteiger partial charge is 0.238 e. The molecule has 0 radical (unpaired) electrons. The van der Waals surface area contributed by atoms with E-state index in [4.69, 9.17) is 32.7 Å². The summed E-state index contributed by atoms with van der Waals surface area (Å²) < 4.78 is 11.9. The third-order valence-electron chi connectivity index (χ3n) is 4.82. The summed E-state index contributed by atoms with van der Waals surface area (Å²) in [5.74, 6) is 1.50. The molecule has 4 nitrogen and oxygen atoms in total. The van der Waals surface area contributed by atoms with Crippen LogP contribution in [0.4, 0.5) is 5.69 Å². The standard InChI is InChI=1S/C24H21Cl2NO3S/c1-2-29-21-13-17(12-20(26)23(21)30-14-16-6-4-3-5-7-16)24-27(22(28)15-31-24)19-10-8-18(25)9-11-19/h3-13,24H,2,14-15H2,1H3/t24-/m1/s1. The topological polar surface area (TPSA) is 38.8 Å². The van der Waals surface area contributed by atoms with Gasteiger partial charge in [0.2, 0.25) is 5.91 Å². The van der Waals surface area contributed by atoms with Crippen LogP contribution in [0.3, 0.4) is 0 Å². The highest BCUT2D eigenvalue weighted by Gasteiger charge is 2.35. The summed E-state index contributed by atoms with van der Waals surface area (Å²) in [6.07, 6.45) is 0. The minimum absolute atomic E-state index is 0.0378. The molecular weight excluding hydrogens is 453 g/mol. The molecule has 31 heavy (non-hydrogen) atoms. The van der Waals surface area contributed by atoms with Gasteiger partial charge in [-0.05, 0) is 54.4 Å². The lowest BCUT2D eigenvalue weighted by Gasteiger charge is -2.25. The monoisotopic (exact) mass is 473 g/mol. The van der Waals surface area contributed by atoms with Crippen molar-refractivity contribution in [2.75, 3.05) is 17.3 Å². The SMILES string of the molecule is CCOc1cc([C@H]2SCC(=O)N2c2ccc(Cl)cc2)cc(Cl)c1OCc1ccccc1. The summed E-state index contributed by atoms with van der Waals surface area (Å²) in [5, 5.41) is 0.864. The van der Waals surface area contributed by atoms with E-state index in [-0.39, 0.29) is 11.3 Å². The number of carbonyl (C=O) groups excluding carboxylic acids is 1. The molecule has 1 saturated heterocycles. The van der Waals surface area contributed by atoms with Crippen molar-refractivity contribution < 1.29 is 14.3 Å². The molecule has 3 aromatic rings. The van der Waals surface area contributed by atoms with Crippen molar-refractivity contribution in [3.05, 3.63) is 87.9 Å². The number of halogens is 2. The van der Waals surface area contributed by atoms with E-state index in [1.165, 1.54) is 0 Å². The van der Waals surface area contributed by atoms with Crippen LogP contribution in [0.2, 0.25) is 10.0 Å². The molecule has 1 fully saturated rings. The molecular formula is C24H21Cl2NO3S. The average molecular weight is 474 g/mol. The van der Waals surface area contributed by atoms with E-state index in [0.29, 0.717) is 40.5 Å². The Balaban J connectivity index is 1.65. The molecule has 1 amide bonds. The van der Waals surface area contributed by atoms with Crippen LogP contribution in [-0.2, 0) is 11.4 Å². The quantitative estimate of drug-likeness (QED) is 0.380. The van der Waals surface area contributed by atoms with Gasteiger partial charge in [0, 0.05) is 10.7 Å². The fraction of sp³-hybridized carbons (Fsp3) is 0.208. The van der Waals surface area contributed by atoms with Crippen molar-refractivity contribution in [1.82, 2.24) is 0 Å². The normalized spacial score (nSPS) is 15.9. The summed E-state index contributed by atoms with van der Waals surface area (Å²) in [4.78, 5) is 14.4. The number of carbonyl (C=O) groups is 1. The highest BCUT2D eigenvalue weighted by atomic mass is 35.5. The Kier molecular flexibility index (Phi) is 6.96. The molecule has 0 spiro atoms. The lowest BCUT2D eigenvalue weighted by Crippen LogP contribution is -2.27. The van der Waals surface area contributed by atoms with E-state index < -0.39 is 0 Å². The summed E-state index contributed by atoms with van der Waals surface area (Å²) >= 11 is 14.2. The second kappa shape index (κ2) is 9.86. The van der Waals surface area contributed by atoms with Crippen LogP contribution in [0.25, 0.3) is 0 Å². The van der Waals surface area contributed by atoms with E-state index in [9.17, 15) is 4.79 Å².